The molecule has 1 aliphatic rings. The normalized spacial score (nSPS) is 33.8. The van der Waals surface area contributed by atoms with Crippen molar-refractivity contribution < 1.29 is 34.6 Å². The van der Waals surface area contributed by atoms with Crippen molar-refractivity contribution in [3.8, 4) is 11.5 Å². The first-order chi connectivity index (χ1) is 9.56. The molecule has 0 radical (unpaired) electrons. The molecule has 0 saturated carbocycles. The maximum atomic E-state index is 9.82. The second kappa shape index (κ2) is 6.38. The number of benzene rings is 1. The second-order valence-corrected chi connectivity index (χ2v) is 4.49. The lowest BCUT2D eigenvalue weighted by Gasteiger charge is -2.39. The zero-order valence-corrected chi connectivity index (χ0v) is 10.9. The molecule has 1 heterocycles. The van der Waals surface area contributed by atoms with E-state index in [9.17, 15) is 15.3 Å². The largest absolute Gasteiger partial charge is 0.497 e. The van der Waals surface area contributed by atoms with Gasteiger partial charge >= 0.3 is 0 Å². The summed E-state index contributed by atoms with van der Waals surface area (Å²) < 4.78 is 15.6. The van der Waals surface area contributed by atoms with Crippen LogP contribution in [0, 0.1) is 0 Å². The molecule has 1 fully saturated rings. The molecule has 0 aromatic heterocycles. The second-order valence-electron chi connectivity index (χ2n) is 4.49. The molecule has 5 atom stereocenters. The van der Waals surface area contributed by atoms with Gasteiger partial charge < -0.3 is 34.6 Å². The lowest BCUT2D eigenvalue weighted by atomic mass is 9.99. The molecule has 7 nitrogen and oxygen atoms in total. The molecule has 1 aliphatic heterocycles. The predicted octanol–water partition coefficient (Wildman–Crippen LogP) is -1.13. The van der Waals surface area contributed by atoms with Crippen LogP contribution in [-0.4, -0.2) is 64.8 Å². The van der Waals surface area contributed by atoms with E-state index >= 15 is 0 Å². The molecule has 4 N–H and O–H groups in total. The van der Waals surface area contributed by atoms with Crippen LogP contribution in [0.2, 0.25) is 0 Å². The fraction of sp³-hybridized carbons (Fsp3) is 0.538. The molecule has 1 saturated heterocycles. The van der Waals surface area contributed by atoms with Gasteiger partial charge in [0.15, 0.2) is 0 Å². The number of rotatable bonds is 4. The Morgan fingerprint density at radius 1 is 1.00 bits per heavy atom. The lowest BCUT2D eigenvalue weighted by Crippen LogP contribution is -2.60. The standard InChI is InChI=1S/C13H18O7/c1-18-7-2-4-8(5-3-7)19-13-12(17)11(16)10(15)9(6-14)20-13/h2-5,9-17H,6H2,1H3/t9?,10-,11?,12?,13-/m1/s1. The Hall–Kier alpha value is -1.38. The van der Waals surface area contributed by atoms with Crippen LogP contribution >= 0.6 is 0 Å². The average Bonchev–Trinajstić information content (AvgIpc) is 2.48. The smallest absolute Gasteiger partial charge is 0.229 e. The van der Waals surface area contributed by atoms with Crippen LogP contribution in [0.25, 0.3) is 0 Å². The van der Waals surface area contributed by atoms with Gasteiger partial charge in [-0.05, 0) is 24.3 Å². The molecule has 3 unspecified atom stereocenters. The highest BCUT2D eigenvalue weighted by Gasteiger charge is 2.44. The highest BCUT2D eigenvalue weighted by Crippen LogP contribution is 2.25. The van der Waals surface area contributed by atoms with Gasteiger partial charge in [0, 0.05) is 0 Å². The molecule has 0 aliphatic carbocycles. The predicted molar refractivity (Wildman–Crippen MR) is 67.4 cm³/mol. The van der Waals surface area contributed by atoms with Crippen molar-refractivity contribution in [1.29, 1.82) is 0 Å². The Morgan fingerprint density at radius 3 is 2.15 bits per heavy atom. The fourth-order valence-electron chi connectivity index (χ4n) is 1.95. The Kier molecular flexibility index (Phi) is 4.79. The van der Waals surface area contributed by atoms with Crippen LogP contribution in [-0.2, 0) is 4.74 Å². The summed E-state index contributed by atoms with van der Waals surface area (Å²) in [5, 5.41) is 38.2. The van der Waals surface area contributed by atoms with Crippen molar-refractivity contribution in [2.75, 3.05) is 13.7 Å². The molecule has 0 bridgehead atoms. The molecule has 112 valence electrons. The topological polar surface area (TPSA) is 109 Å². The van der Waals surface area contributed by atoms with Crippen molar-refractivity contribution in [3.05, 3.63) is 24.3 Å². The molecule has 2 rings (SSSR count). The van der Waals surface area contributed by atoms with Crippen LogP contribution in [0.3, 0.4) is 0 Å². The van der Waals surface area contributed by atoms with Gasteiger partial charge in [0.2, 0.25) is 6.29 Å². The van der Waals surface area contributed by atoms with Crippen LogP contribution in [0.5, 0.6) is 11.5 Å². The van der Waals surface area contributed by atoms with E-state index in [1.54, 1.807) is 24.3 Å². The quantitative estimate of drug-likeness (QED) is 0.555. The zero-order chi connectivity index (χ0) is 14.7. The number of ether oxygens (including phenoxy) is 3. The third kappa shape index (κ3) is 3.02. The lowest BCUT2D eigenvalue weighted by molar-refractivity contribution is -0.277. The first-order valence-corrected chi connectivity index (χ1v) is 6.18. The van der Waals surface area contributed by atoms with Gasteiger partial charge in [0.25, 0.3) is 0 Å². The SMILES string of the molecule is COc1ccc(O[C@@H]2OC(CO)[C@@H](O)C(O)C2O)cc1. The number of aliphatic hydroxyl groups is 4. The maximum Gasteiger partial charge on any atom is 0.229 e. The summed E-state index contributed by atoms with van der Waals surface area (Å²) in [6.45, 7) is -0.493. The third-order valence-electron chi connectivity index (χ3n) is 3.16. The van der Waals surface area contributed by atoms with Gasteiger partial charge in [-0.3, -0.25) is 0 Å². The van der Waals surface area contributed by atoms with E-state index in [1.165, 1.54) is 7.11 Å². The van der Waals surface area contributed by atoms with Crippen LogP contribution in [0.4, 0.5) is 0 Å². The molecule has 0 amide bonds. The van der Waals surface area contributed by atoms with E-state index < -0.39 is 37.3 Å². The van der Waals surface area contributed by atoms with Crippen LogP contribution < -0.4 is 9.47 Å². The Labute approximate surface area is 115 Å². The summed E-state index contributed by atoms with van der Waals surface area (Å²) in [7, 11) is 1.54. The van der Waals surface area contributed by atoms with Crippen molar-refractivity contribution in [1.82, 2.24) is 0 Å². The summed E-state index contributed by atoms with van der Waals surface area (Å²) in [5.41, 5.74) is 0. The molecule has 1 aromatic carbocycles. The van der Waals surface area contributed by atoms with Crippen LogP contribution in [0.1, 0.15) is 0 Å². The van der Waals surface area contributed by atoms with Crippen molar-refractivity contribution >= 4 is 0 Å². The number of hydrogen-bond donors (Lipinski definition) is 4. The Morgan fingerprint density at radius 2 is 1.60 bits per heavy atom. The van der Waals surface area contributed by atoms with Gasteiger partial charge in [0.05, 0.1) is 13.7 Å². The van der Waals surface area contributed by atoms with Crippen LogP contribution in [0.15, 0.2) is 24.3 Å². The summed E-state index contributed by atoms with van der Waals surface area (Å²) >= 11 is 0. The Balaban J connectivity index is 2.06. The van der Waals surface area contributed by atoms with E-state index in [0.29, 0.717) is 11.5 Å². The van der Waals surface area contributed by atoms with E-state index in [2.05, 4.69) is 0 Å². The van der Waals surface area contributed by atoms with E-state index in [0.717, 1.165) is 0 Å². The average molecular weight is 286 g/mol. The monoisotopic (exact) mass is 286 g/mol. The molecule has 20 heavy (non-hydrogen) atoms. The summed E-state index contributed by atoms with van der Waals surface area (Å²) in [4.78, 5) is 0. The van der Waals surface area contributed by atoms with Gasteiger partial charge in [-0.2, -0.15) is 0 Å². The minimum Gasteiger partial charge on any atom is -0.497 e. The van der Waals surface area contributed by atoms with E-state index in [1.807, 2.05) is 0 Å². The van der Waals surface area contributed by atoms with Crippen molar-refractivity contribution in [2.45, 2.75) is 30.7 Å². The highest BCUT2D eigenvalue weighted by atomic mass is 16.7. The van der Waals surface area contributed by atoms with Crippen molar-refractivity contribution in [3.63, 3.8) is 0 Å². The van der Waals surface area contributed by atoms with E-state index in [4.69, 9.17) is 19.3 Å². The number of aliphatic hydroxyl groups excluding tert-OH is 4. The fourth-order valence-corrected chi connectivity index (χ4v) is 1.95. The van der Waals surface area contributed by atoms with Gasteiger partial charge in [-0.25, -0.2) is 0 Å². The molecule has 0 spiro atoms. The number of hydrogen-bond acceptors (Lipinski definition) is 7. The van der Waals surface area contributed by atoms with Gasteiger partial charge in [-0.1, -0.05) is 0 Å². The summed E-state index contributed by atoms with van der Waals surface area (Å²) in [5.74, 6) is 1.04. The molecular formula is C13H18O7. The Bertz CT molecular complexity index is 419. The van der Waals surface area contributed by atoms with Crippen molar-refractivity contribution in [2.24, 2.45) is 0 Å². The van der Waals surface area contributed by atoms with E-state index in [-0.39, 0.29) is 0 Å². The highest BCUT2D eigenvalue weighted by molar-refractivity contribution is 5.31. The summed E-state index contributed by atoms with van der Waals surface area (Å²) in [6, 6.07) is 6.55. The first kappa shape index (κ1) is 15.0. The number of methoxy groups -OCH3 is 1. The minimum absolute atomic E-state index is 0.398. The summed E-state index contributed by atoms with van der Waals surface area (Å²) in [6.07, 6.45) is -6.44. The zero-order valence-electron chi connectivity index (χ0n) is 10.9. The minimum atomic E-state index is -1.45. The van der Waals surface area contributed by atoms with Gasteiger partial charge in [-0.15, -0.1) is 0 Å². The van der Waals surface area contributed by atoms with Gasteiger partial charge in [0.1, 0.15) is 35.9 Å². The maximum absolute atomic E-state index is 9.82. The third-order valence-corrected chi connectivity index (χ3v) is 3.16. The molecule has 1 aromatic rings. The molecular weight excluding hydrogens is 268 g/mol. The first-order valence-electron chi connectivity index (χ1n) is 6.18. The molecule has 7 heteroatoms.